The maximum Gasteiger partial charge on any atom is 0.205 e. The molecule has 0 fully saturated rings. The van der Waals surface area contributed by atoms with E-state index in [0.717, 1.165) is 23.5 Å². The normalized spacial score (nSPS) is 17.7. The molecule has 88 valence electrons. The highest BCUT2D eigenvalue weighted by molar-refractivity contribution is 5.40. The van der Waals surface area contributed by atoms with Crippen LogP contribution in [0.15, 0.2) is 18.2 Å². The SMILES string of the molecule is CCOCc1cccc2c1COC(C)(C)O2. The van der Waals surface area contributed by atoms with Crippen LogP contribution < -0.4 is 4.74 Å². The summed E-state index contributed by atoms with van der Waals surface area (Å²) < 4.78 is 16.8. The molecule has 0 saturated heterocycles. The van der Waals surface area contributed by atoms with Crippen LogP contribution in [-0.2, 0) is 22.7 Å². The zero-order chi connectivity index (χ0) is 11.6. The molecule has 1 aliphatic rings. The molecule has 2 rings (SSSR count). The Hall–Kier alpha value is -1.06. The van der Waals surface area contributed by atoms with E-state index in [1.54, 1.807) is 0 Å². The summed E-state index contributed by atoms with van der Waals surface area (Å²) in [6.07, 6.45) is 0. The Kier molecular flexibility index (Phi) is 3.17. The summed E-state index contributed by atoms with van der Waals surface area (Å²) in [5, 5.41) is 0. The standard InChI is InChI=1S/C13H18O3/c1-4-14-8-10-6-5-7-12-11(10)9-15-13(2,3)16-12/h5-7H,4,8-9H2,1-3H3. The first kappa shape index (κ1) is 11.4. The minimum atomic E-state index is -0.531. The van der Waals surface area contributed by atoms with Gasteiger partial charge in [-0.3, -0.25) is 0 Å². The van der Waals surface area contributed by atoms with E-state index < -0.39 is 5.79 Å². The van der Waals surface area contributed by atoms with Crippen molar-refractivity contribution >= 4 is 0 Å². The van der Waals surface area contributed by atoms with E-state index in [1.165, 1.54) is 0 Å². The Balaban J connectivity index is 2.24. The van der Waals surface area contributed by atoms with Gasteiger partial charge in [0.15, 0.2) is 0 Å². The van der Waals surface area contributed by atoms with Crippen molar-refractivity contribution in [1.82, 2.24) is 0 Å². The highest BCUT2D eigenvalue weighted by Crippen LogP contribution is 2.33. The van der Waals surface area contributed by atoms with Gasteiger partial charge in [0.1, 0.15) is 5.75 Å². The molecular formula is C13H18O3. The van der Waals surface area contributed by atoms with E-state index in [-0.39, 0.29) is 0 Å². The molecule has 3 nitrogen and oxygen atoms in total. The van der Waals surface area contributed by atoms with Crippen molar-refractivity contribution in [2.45, 2.75) is 39.8 Å². The maximum atomic E-state index is 5.76. The van der Waals surface area contributed by atoms with E-state index in [9.17, 15) is 0 Å². The molecule has 0 saturated carbocycles. The second-order valence-electron chi connectivity index (χ2n) is 4.32. The molecule has 16 heavy (non-hydrogen) atoms. The van der Waals surface area contributed by atoms with Crippen LogP contribution in [0, 0.1) is 0 Å². The summed E-state index contributed by atoms with van der Waals surface area (Å²) in [7, 11) is 0. The summed E-state index contributed by atoms with van der Waals surface area (Å²) in [5.41, 5.74) is 2.25. The second-order valence-corrected chi connectivity index (χ2v) is 4.32. The van der Waals surface area contributed by atoms with Gasteiger partial charge in [-0.05, 0) is 18.6 Å². The van der Waals surface area contributed by atoms with Crippen LogP contribution in [0.2, 0.25) is 0 Å². The molecule has 1 aromatic rings. The smallest absolute Gasteiger partial charge is 0.205 e. The van der Waals surface area contributed by atoms with Crippen LogP contribution in [0.4, 0.5) is 0 Å². The lowest BCUT2D eigenvalue weighted by Gasteiger charge is -2.33. The first-order valence-electron chi connectivity index (χ1n) is 5.64. The fourth-order valence-electron chi connectivity index (χ4n) is 1.76. The number of ether oxygens (including phenoxy) is 3. The van der Waals surface area contributed by atoms with Gasteiger partial charge in [-0.1, -0.05) is 12.1 Å². The van der Waals surface area contributed by atoms with Crippen molar-refractivity contribution in [3.8, 4) is 5.75 Å². The summed E-state index contributed by atoms with van der Waals surface area (Å²) in [4.78, 5) is 0. The Labute approximate surface area is 96.3 Å². The predicted octanol–water partition coefficient (Wildman–Crippen LogP) is 2.87. The first-order valence-corrected chi connectivity index (χ1v) is 5.64. The molecule has 1 heterocycles. The highest BCUT2D eigenvalue weighted by Gasteiger charge is 2.28. The molecule has 0 N–H and O–H groups in total. The van der Waals surface area contributed by atoms with Crippen LogP contribution in [0.25, 0.3) is 0 Å². The molecule has 0 amide bonds. The second kappa shape index (κ2) is 4.44. The van der Waals surface area contributed by atoms with Gasteiger partial charge < -0.3 is 14.2 Å². The highest BCUT2D eigenvalue weighted by atomic mass is 16.7. The van der Waals surface area contributed by atoms with Gasteiger partial charge in [0.2, 0.25) is 5.79 Å². The van der Waals surface area contributed by atoms with Crippen molar-refractivity contribution in [2.24, 2.45) is 0 Å². The number of hydrogen-bond acceptors (Lipinski definition) is 3. The lowest BCUT2D eigenvalue weighted by Crippen LogP contribution is -2.35. The Morgan fingerprint density at radius 1 is 1.38 bits per heavy atom. The quantitative estimate of drug-likeness (QED) is 0.787. The number of rotatable bonds is 3. The van der Waals surface area contributed by atoms with Crippen LogP contribution in [0.3, 0.4) is 0 Å². The minimum absolute atomic E-state index is 0.531. The van der Waals surface area contributed by atoms with Crippen LogP contribution in [-0.4, -0.2) is 12.4 Å². The molecule has 3 heteroatoms. The molecule has 0 radical (unpaired) electrons. The first-order chi connectivity index (χ1) is 7.62. The van der Waals surface area contributed by atoms with Crippen molar-refractivity contribution in [2.75, 3.05) is 6.61 Å². The third kappa shape index (κ3) is 2.36. The van der Waals surface area contributed by atoms with Gasteiger partial charge >= 0.3 is 0 Å². The topological polar surface area (TPSA) is 27.7 Å². The zero-order valence-corrected chi connectivity index (χ0v) is 10.1. The summed E-state index contributed by atoms with van der Waals surface area (Å²) in [6.45, 7) is 7.76. The Morgan fingerprint density at radius 3 is 2.94 bits per heavy atom. The Morgan fingerprint density at radius 2 is 2.19 bits per heavy atom. The predicted molar refractivity (Wildman–Crippen MR) is 61.3 cm³/mol. The Bertz CT molecular complexity index is 371. The lowest BCUT2D eigenvalue weighted by molar-refractivity contribution is -0.180. The van der Waals surface area contributed by atoms with Gasteiger partial charge in [-0.2, -0.15) is 0 Å². The van der Waals surface area contributed by atoms with Gasteiger partial charge in [0.25, 0.3) is 0 Å². The van der Waals surface area contributed by atoms with E-state index in [0.29, 0.717) is 13.2 Å². The van der Waals surface area contributed by atoms with E-state index in [2.05, 4.69) is 6.07 Å². The van der Waals surface area contributed by atoms with Crippen molar-refractivity contribution in [3.63, 3.8) is 0 Å². The summed E-state index contributed by atoms with van der Waals surface area (Å²) >= 11 is 0. The third-order valence-electron chi connectivity index (χ3n) is 2.61. The maximum absolute atomic E-state index is 5.76. The molecule has 0 spiro atoms. The van der Waals surface area contributed by atoms with E-state index >= 15 is 0 Å². The monoisotopic (exact) mass is 222 g/mol. The molecule has 1 aliphatic heterocycles. The van der Waals surface area contributed by atoms with Crippen LogP contribution in [0.1, 0.15) is 31.9 Å². The summed E-state index contributed by atoms with van der Waals surface area (Å²) in [5.74, 6) is 0.380. The zero-order valence-electron chi connectivity index (χ0n) is 10.1. The molecule has 0 atom stereocenters. The van der Waals surface area contributed by atoms with Gasteiger partial charge in [0, 0.05) is 26.0 Å². The lowest BCUT2D eigenvalue weighted by atomic mass is 10.1. The fraction of sp³-hybridized carbons (Fsp3) is 0.538. The average Bonchev–Trinajstić information content (AvgIpc) is 2.24. The van der Waals surface area contributed by atoms with Gasteiger partial charge in [0.05, 0.1) is 13.2 Å². The van der Waals surface area contributed by atoms with E-state index in [4.69, 9.17) is 14.2 Å². The largest absolute Gasteiger partial charge is 0.463 e. The van der Waals surface area contributed by atoms with Crippen LogP contribution >= 0.6 is 0 Å². The molecule has 1 aromatic carbocycles. The fourth-order valence-corrected chi connectivity index (χ4v) is 1.76. The minimum Gasteiger partial charge on any atom is -0.463 e. The van der Waals surface area contributed by atoms with Crippen LogP contribution in [0.5, 0.6) is 5.75 Å². The molecule has 0 aromatic heterocycles. The molecule has 0 aliphatic carbocycles. The van der Waals surface area contributed by atoms with Crippen molar-refractivity contribution in [3.05, 3.63) is 29.3 Å². The number of benzene rings is 1. The third-order valence-corrected chi connectivity index (χ3v) is 2.61. The van der Waals surface area contributed by atoms with Crippen molar-refractivity contribution in [1.29, 1.82) is 0 Å². The van der Waals surface area contributed by atoms with Gasteiger partial charge in [-0.25, -0.2) is 0 Å². The van der Waals surface area contributed by atoms with Gasteiger partial charge in [-0.15, -0.1) is 0 Å². The molecular weight excluding hydrogens is 204 g/mol. The number of hydrogen-bond donors (Lipinski definition) is 0. The van der Waals surface area contributed by atoms with E-state index in [1.807, 2.05) is 32.9 Å². The van der Waals surface area contributed by atoms with Crippen molar-refractivity contribution < 1.29 is 14.2 Å². The molecule has 0 bridgehead atoms. The average molecular weight is 222 g/mol. The summed E-state index contributed by atoms with van der Waals surface area (Å²) in [6, 6.07) is 6.03. The number of fused-ring (bicyclic) bond motifs is 1. The molecule has 0 unspecified atom stereocenters.